The van der Waals surface area contributed by atoms with Crippen molar-refractivity contribution in [1.29, 1.82) is 0 Å². The summed E-state index contributed by atoms with van der Waals surface area (Å²) in [6, 6.07) is 14.0. The summed E-state index contributed by atoms with van der Waals surface area (Å²) in [7, 11) is 1.58. The van der Waals surface area contributed by atoms with Crippen molar-refractivity contribution in [2.24, 2.45) is 0 Å². The molecule has 2 aromatic rings. The van der Waals surface area contributed by atoms with Crippen LogP contribution in [0.2, 0.25) is 0 Å². The molecule has 0 saturated heterocycles. The molecule has 0 bridgehead atoms. The smallest absolute Gasteiger partial charge is 0.188 e. The molecule has 2 rings (SSSR count). The Morgan fingerprint density at radius 3 is 2.47 bits per heavy atom. The van der Waals surface area contributed by atoms with Gasteiger partial charge in [-0.3, -0.25) is 0 Å². The number of rotatable bonds is 5. The Morgan fingerprint density at radius 1 is 1.00 bits per heavy atom. The van der Waals surface area contributed by atoms with Gasteiger partial charge in [-0.2, -0.15) is 0 Å². The third kappa shape index (κ3) is 3.93. The monoisotopic (exact) mass is 258 g/mol. The Hall–Kier alpha value is -2.13. The molecule has 2 nitrogen and oxygen atoms in total. The number of para-hydroxylation sites is 1. The van der Waals surface area contributed by atoms with Gasteiger partial charge < -0.3 is 9.47 Å². The predicted molar refractivity (Wildman–Crippen MR) is 74.3 cm³/mol. The van der Waals surface area contributed by atoms with E-state index in [9.17, 15) is 4.39 Å². The zero-order chi connectivity index (χ0) is 13.5. The first kappa shape index (κ1) is 13.3. The topological polar surface area (TPSA) is 18.5 Å². The summed E-state index contributed by atoms with van der Waals surface area (Å²) in [6.45, 7) is 0.210. The molecule has 0 amide bonds. The lowest BCUT2D eigenvalue weighted by atomic mass is 10.1. The van der Waals surface area contributed by atoms with Gasteiger partial charge in [0.1, 0.15) is 11.6 Å². The van der Waals surface area contributed by atoms with Gasteiger partial charge in [0.25, 0.3) is 0 Å². The van der Waals surface area contributed by atoms with Gasteiger partial charge in [0.05, 0.1) is 0 Å². The Morgan fingerprint density at radius 2 is 1.74 bits per heavy atom. The summed E-state index contributed by atoms with van der Waals surface area (Å²) in [5.74, 6) is 0.517. The molecule has 0 N–H and O–H groups in total. The third-order valence-corrected chi connectivity index (χ3v) is 2.58. The molecule has 0 heterocycles. The normalized spacial score (nSPS) is 10.8. The van der Waals surface area contributed by atoms with Crippen LogP contribution in [0.4, 0.5) is 4.39 Å². The van der Waals surface area contributed by atoms with Crippen molar-refractivity contribution in [2.75, 3.05) is 13.9 Å². The molecular formula is C16H15FO2. The minimum Gasteiger partial charge on any atom is -0.467 e. The van der Waals surface area contributed by atoms with Gasteiger partial charge >= 0.3 is 0 Å². The molecule has 0 atom stereocenters. The van der Waals surface area contributed by atoms with E-state index in [2.05, 4.69) is 0 Å². The fourth-order valence-corrected chi connectivity index (χ4v) is 1.63. The zero-order valence-electron chi connectivity index (χ0n) is 10.7. The molecule has 0 unspecified atom stereocenters. The maximum absolute atomic E-state index is 12.8. The number of benzene rings is 2. The standard InChI is InChI=1S/C16H15FO2/c1-18-12-19-16-5-3-2-4-14(16)9-6-13-7-10-15(17)11-8-13/h2-11H,12H2,1H3. The second-order valence-corrected chi connectivity index (χ2v) is 3.97. The average molecular weight is 258 g/mol. The maximum Gasteiger partial charge on any atom is 0.188 e. The van der Waals surface area contributed by atoms with E-state index in [4.69, 9.17) is 9.47 Å². The second kappa shape index (κ2) is 6.71. The molecule has 0 aromatic heterocycles. The van der Waals surface area contributed by atoms with Crippen molar-refractivity contribution in [3.05, 3.63) is 65.5 Å². The molecule has 98 valence electrons. The van der Waals surface area contributed by atoms with Crippen molar-refractivity contribution in [2.45, 2.75) is 0 Å². The van der Waals surface area contributed by atoms with E-state index >= 15 is 0 Å². The first-order valence-corrected chi connectivity index (χ1v) is 5.94. The minimum absolute atomic E-state index is 0.210. The molecule has 3 heteroatoms. The van der Waals surface area contributed by atoms with Crippen molar-refractivity contribution in [1.82, 2.24) is 0 Å². The van der Waals surface area contributed by atoms with Crippen LogP contribution in [0, 0.1) is 5.82 Å². The highest BCUT2D eigenvalue weighted by Gasteiger charge is 1.99. The van der Waals surface area contributed by atoms with E-state index < -0.39 is 0 Å². The Balaban J connectivity index is 2.15. The van der Waals surface area contributed by atoms with Crippen molar-refractivity contribution >= 4 is 12.2 Å². The zero-order valence-corrected chi connectivity index (χ0v) is 10.7. The Kier molecular flexibility index (Phi) is 4.70. The SMILES string of the molecule is COCOc1ccccc1C=Cc1ccc(F)cc1. The van der Waals surface area contributed by atoms with Gasteiger partial charge in [-0.1, -0.05) is 42.5 Å². The summed E-state index contributed by atoms with van der Waals surface area (Å²) in [6.07, 6.45) is 3.84. The van der Waals surface area contributed by atoms with Crippen LogP contribution in [0.3, 0.4) is 0 Å². The molecule has 0 radical (unpaired) electrons. The number of methoxy groups -OCH3 is 1. The van der Waals surface area contributed by atoms with Gasteiger partial charge in [0, 0.05) is 12.7 Å². The molecule has 0 spiro atoms. The fourth-order valence-electron chi connectivity index (χ4n) is 1.63. The molecule has 0 saturated carbocycles. The molecular weight excluding hydrogens is 243 g/mol. The first-order chi connectivity index (χ1) is 9.29. The largest absolute Gasteiger partial charge is 0.467 e. The van der Waals surface area contributed by atoms with Gasteiger partial charge in [-0.15, -0.1) is 0 Å². The van der Waals surface area contributed by atoms with Crippen LogP contribution >= 0.6 is 0 Å². The highest BCUT2D eigenvalue weighted by Crippen LogP contribution is 2.20. The number of hydrogen-bond donors (Lipinski definition) is 0. The first-order valence-electron chi connectivity index (χ1n) is 5.94. The lowest BCUT2D eigenvalue weighted by Gasteiger charge is -2.07. The second-order valence-electron chi connectivity index (χ2n) is 3.97. The van der Waals surface area contributed by atoms with E-state index in [0.717, 1.165) is 16.9 Å². The van der Waals surface area contributed by atoms with Gasteiger partial charge in [-0.25, -0.2) is 4.39 Å². The summed E-state index contributed by atoms with van der Waals surface area (Å²) >= 11 is 0. The van der Waals surface area contributed by atoms with E-state index in [1.165, 1.54) is 12.1 Å². The average Bonchev–Trinajstić information content (AvgIpc) is 2.45. The predicted octanol–water partition coefficient (Wildman–Crippen LogP) is 3.98. The molecule has 0 aliphatic heterocycles. The molecule has 2 aromatic carbocycles. The van der Waals surface area contributed by atoms with Crippen LogP contribution in [0.15, 0.2) is 48.5 Å². The fraction of sp³-hybridized carbons (Fsp3) is 0.125. The van der Waals surface area contributed by atoms with Crippen LogP contribution in [0.5, 0.6) is 5.75 Å². The van der Waals surface area contributed by atoms with E-state index in [-0.39, 0.29) is 12.6 Å². The summed E-state index contributed by atoms with van der Waals surface area (Å²) < 4.78 is 23.1. The highest BCUT2D eigenvalue weighted by molar-refractivity contribution is 5.72. The van der Waals surface area contributed by atoms with Crippen LogP contribution in [0.25, 0.3) is 12.2 Å². The van der Waals surface area contributed by atoms with Crippen molar-refractivity contribution in [3.8, 4) is 5.75 Å². The molecule has 0 fully saturated rings. The van der Waals surface area contributed by atoms with Crippen molar-refractivity contribution < 1.29 is 13.9 Å². The van der Waals surface area contributed by atoms with Gasteiger partial charge in [-0.05, 0) is 23.8 Å². The third-order valence-electron chi connectivity index (χ3n) is 2.58. The van der Waals surface area contributed by atoms with E-state index in [1.807, 2.05) is 36.4 Å². The number of ether oxygens (including phenoxy) is 2. The highest BCUT2D eigenvalue weighted by atomic mass is 19.1. The molecule has 0 aliphatic carbocycles. The number of halogens is 1. The van der Waals surface area contributed by atoms with Crippen LogP contribution in [0.1, 0.15) is 11.1 Å². The Labute approximate surface area is 112 Å². The van der Waals surface area contributed by atoms with Crippen LogP contribution in [-0.4, -0.2) is 13.9 Å². The van der Waals surface area contributed by atoms with E-state index in [0.29, 0.717) is 0 Å². The van der Waals surface area contributed by atoms with Crippen molar-refractivity contribution in [3.63, 3.8) is 0 Å². The van der Waals surface area contributed by atoms with Crippen LogP contribution in [-0.2, 0) is 4.74 Å². The minimum atomic E-state index is -0.235. The molecule has 0 aliphatic rings. The van der Waals surface area contributed by atoms with E-state index in [1.54, 1.807) is 19.2 Å². The summed E-state index contributed by atoms with van der Waals surface area (Å²) in [5, 5.41) is 0. The molecule has 19 heavy (non-hydrogen) atoms. The van der Waals surface area contributed by atoms with Gasteiger partial charge in [0.15, 0.2) is 6.79 Å². The Bertz CT molecular complexity index is 547. The number of hydrogen-bond acceptors (Lipinski definition) is 2. The lowest BCUT2D eigenvalue weighted by Crippen LogP contribution is -1.99. The summed E-state index contributed by atoms with van der Waals surface area (Å²) in [5.41, 5.74) is 1.88. The maximum atomic E-state index is 12.8. The quantitative estimate of drug-likeness (QED) is 0.596. The van der Waals surface area contributed by atoms with Gasteiger partial charge in [0.2, 0.25) is 0 Å². The van der Waals surface area contributed by atoms with Crippen LogP contribution < -0.4 is 4.74 Å². The lowest BCUT2D eigenvalue weighted by molar-refractivity contribution is 0.0510. The summed E-state index contributed by atoms with van der Waals surface area (Å²) in [4.78, 5) is 0.